The van der Waals surface area contributed by atoms with E-state index in [9.17, 15) is 14.4 Å². The zero-order valence-electron chi connectivity index (χ0n) is 17.2. The Hall–Kier alpha value is -3.08. The Balaban J connectivity index is 1.94. The molecule has 3 rings (SSSR count). The van der Waals surface area contributed by atoms with E-state index in [1.54, 1.807) is 43.3 Å². The lowest BCUT2D eigenvalue weighted by Gasteiger charge is -2.18. The molecule has 2 aromatic rings. The van der Waals surface area contributed by atoms with Crippen LogP contribution in [0, 0.1) is 3.57 Å². The Kier molecular flexibility index (Phi) is 7.16. The average molecular weight is 536 g/mol. The van der Waals surface area contributed by atoms with E-state index in [2.05, 4.69) is 5.43 Å². The summed E-state index contributed by atoms with van der Waals surface area (Å²) in [5.74, 6) is -0.692. The third-order valence-corrected chi connectivity index (χ3v) is 5.18. The van der Waals surface area contributed by atoms with Gasteiger partial charge in [0.15, 0.2) is 17.6 Å². The molecular formula is C22H21IN2O6. The van der Waals surface area contributed by atoms with Gasteiger partial charge in [0.2, 0.25) is 0 Å². The highest BCUT2D eigenvalue weighted by Gasteiger charge is 2.34. The van der Waals surface area contributed by atoms with Crippen LogP contribution in [-0.2, 0) is 19.1 Å². The molecule has 0 aliphatic carbocycles. The maximum atomic E-state index is 12.8. The van der Waals surface area contributed by atoms with E-state index in [1.165, 1.54) is 18.2 Å². The first-order valence-corrected chi connectivity index (χ1v) is 10.6. The van der Waals surface area contributed by atoms with Crippen LogP contribution in [0.5, 0.6) is 11.5 Å². The Morgan fingerprint density at radius 3 is 2.58 bits per heavy atom. The molecule has 162 valence electrons. The summed E-state index contributed by atoms with van der Waals surface area (Å²) in [6.45, 7) is 3.75. The molecule has 1 atom stereocenters. The number of rotatable bonds is 7. The molecule has 0 radical (unpaired) electrons. The van der Waals surface area contributed by atoms with Crippen molar-refractivity contribution in [3.63, 3.8) is 0 Å². The van der Waals surface area contributed by atoms with E-state index < -0.39 is 23.9 Å². The van der Waals surface area contributed by atoms with E-state index in [0.717, 1.165) is 0 Å². The number of ether oxygens (including phenoxy) is 3. The van der Waals surface area contributed by atoms with E-state index in [4.69, 9.17) is 14.2 Å². The number of benzene rings is 2. The summed E-state index contributed by atoms with van der Waals surface area (Å²) in [6.07, 6.45) is 0.669. The molecule has 1 saturated heterocycles. The minimum atomic E-state index is -0.830. The summed E-state index contributed by atoms with van der Waals surface area (Å²) in [4.78, 5) is 37.0. The molecule has 8 nitrogen and oxygen atoms in total. The molecule has 1 N–H and O–H groups in total. The second-order valence-corrected chi connectivity index (χ2v) is 7.68. The molecule has 1 aliphatic heterocycles. The monoisotopic (exact) mass is 536 g/mol. The second-order valence-electron chi connectivity index (χ2n) is 6.52. The first-order chi connectivity index (χ1) is 14.8. The van der Waals surface area contributed by atoms with Crippen molar-refractivity contribution in [2.45, 2.75) is 20.0 Å². The van der Waals surface area contributed by atoms with Gasteiger partial charge in [0, 0.05) is 0 Å². The van der Waals surface area contributed by atoms with Crippen molar-refractivity contribution in [2.75, 3.05) is 18.7 Å². The van der Waals surface area contributed by atoms with Crippen LogP contribution < -0.4 is 19.9 Å². The predicted octanol–water partition coefficient (Wildman–Crippen LogP) is 3.09. The van der Waals surface area contributed by atoms with Gasteiger partial charge in [-0.3, -0.25) is 15.0 Å². The molecule has 0 aromatic heterocycles. The molecule has 0 unspecified atom stereocenters. The second kappa shape index (κ2) is 9.82. The molecular weight excluding hydrogens is 515 g/mol. The van der Waals surface area contributed by atoms with E-state index in [1.807, 2.05) is 35.6 Å². The van der Waals surface area contributed by atoms with Gasteiger partial charge in [-0.15, -0.1) is 0 Å². The summed E-state index contributed by atoms with van der Waals surface area (Å²) < 4.78 is 16.8. The molecule has 0 bridgehead atoms. The summed E-state index contributed by atoms with van der Waals surface area (Å²) in [5, 5.41) is 1.21. The summed E-state index contributed by atoms with van der Waals surface area (Å²) in [7, 11) is 1.29. The normalized spacial score (nSPS) is 15.6. The van der Waals surface area contributed by atoms with Crippen LogP contribution in [0.4, 0.5) is 5.69 Å². The summed E-state index contributed by atoms with van der Waals surface area (Å²) >= 11 is 2.05. The van der Waals surface area contributed by atoms with Crippen molar-refractivity contribution in [2.24, 2.45) is 0 Å². The van der Waals surface area contributed by atoms with Crippen LogP contribution in [0.3, 0.4) is 0 Å². The number of para-hydroxylation sites is 1. The van der Waals surface area contributed by atoms with Gasteiger partial charge in [-0.05, 0) is 72.3 Å². The quantitative estimate of drug-likeness (QED) is 0.253. The van der Waals surface area contributed by atoms with E-state index in [0.29, 0.717) is 32.9 Å². The molecule has 9 heteroatoms. The zero-order valence-corrected chi connectivity index (χ0v) is 19.3. The third-order valence-electron chi connectivity index (χ3n) is 4.38. The number of hydrazine groups is 1. The van der Waals surface area contributed by atoms with Crippen molar-refractivity contribution >= 4 is 52.1 Å². The Labute approximate surface area is 193 Å². The first kappa shape index (κ1) is 22.6. The number of nitrogens with zero attached hydrogens (tertiary/aromatic N) is 1. The molecule has 1 heterocycles. The number of hydrogen-bond donors (Lipinski definition) is 1. The fraction of sp³-hybridized carbons (Fsp3) is 0.227. The van der Waals surface area contributed by atoms with E-state index in [-0.39, 0.29) is 5.57 Å². The van der Waals surface area contributed by atoms with Crippen molar-refractivity contribution in [1.82, 2.24) is 5.43 Å². The molecule has 1 aliphatic rings. The van der Waals surface area contributed by atoms with Gasteiger partial charge in [-0.2, -0.15) is 0 Å². The van der Waals surface area contributed by atoms with Gasteiger partial charge < -0.3 is 14.2 Å². The first-order valence-electron chi connectivity index (χ1n) is 9.48. The fourth-order valence-electron chi connectivity index (χ4n) is 2.92. The minimum Gasteiger partial charge on any atom is -0.490 e. The molecule has 0 saturated carbocycles. The van der Waals surface area contributed by atoms with Gasteiger partial charge >= 0.3 is 5.97 Å². The number of hydrogen-bond acceptors (Lipinski definition) is 6. The molecule has 2 amide bonds. The lowest BCUT2D eigenvalue weighted by atomic mass is 10.1. The molecule has 0 spiro atoms. The summed E-state index contributed by atoms with van der Waals surface area (Å²) in [6, 6.07) is 12.2. The number of nitrogens with one attached hydrogen (secondary N) is 1. The van der Waals surface area contributed by atoms with Crippen molar-refractivity contribution in [1.29, 1.82) is 0 Å². The van der Waals surface area contributed by atoms with E-state index >= 15 is 0 Å². The number of carbonyl (C=O) groups is 3. The molecule has 1 fully saturated rings. The highest BCUT2D eigenvalue weighted by Crippen LogP contribution is 2.36. The maximum absolute atomic E-state index is 12.8. The van der Waals surface area contributed by atoms with Gasteiger partial charge in [0.1, 0.15) is 5.57 Å². The molecule has 2 aromatic carbocycles. The number of methoxy groups -OCH3 is 1. The predicted molar refractivity (Wildman–Crippen MR) is 122 cm³/mol. The molecule has 31 heavy (non-hydrogen) atoms. The fourth-order valence-corrected chi connectivity index (χ4v) is 3.67. The van der Waals surface area contributed by atoms with Gasteiger partial charge in [0.05, 0.1) is 23.0 Å². The van der Waals surface area contributed by atoms with Crippen LogP contribution in [0.1, 0.15) is 19.4 Å². The van der Waals surface area contributed by atoms with Crippen LogP contribution in [0.15, 0.2) is 48.0 Å². The van der Waals surface area contributed by atoms with Crippen molar-refractivity contribution < 1.29 is 28.6 Å². The van der Waals surface area contributed by atoms with Gasteiger partial charge in [0.25, 0.3) is 11.8 Å². The Bertz CT molecular complexity index is 1040. The number of amides is 2. The smallest absolute Gasteiger partial charge is 0.346 e. The SMILES string of the molecule is CCOc1cc(/C=C2/C(=O)NN(c3ccccc3)C2=O)cc(I)c1O[C@H](C)C(=O)OC. The number of anilines is 1. The zero-order chi connectivity index (χ0) is 22.5. The van der Waals surface area contributed by atoms with Crippen LogP contribution in [-0.4, -0.2) is 37.6 Å². The number of halogens is 1. The van der Waals surface area contributed by atoms with Crippen LogP contribution >= 0.6 is 22.6 Å². The maximum Gasteiger partial charge on any atom is 0.346 e. The third kappa shape index (κ3) is 4.98. The number of esters is 1. The lowest BCUT2D eigenvalue weighted by Crippen LogP contribution is -2.35. The Morgan fingerprint density at radius 2 is 1.94 bits per heavy atom. The topological polar surface area (TPSA) is 94.2 Å². The lowest BCUT2D eigenvalue weighted by molar-refractivity contribution is -0.148. The van der Waals surface area contributed by atoms with Gasteiger partial charge in [-0.25, -0.2) is 9.80 Å². The van der Waals surface area contributed by atoms with Gasteiger partial charge in [-0.1, -0.05) is 18.2 Å². The van der Waals surface area contributed by atoms with Crippen LogP contribution in [0.25, 0.3) is 6.08 Å². The average Bonchev–Trinajstić information content (AvgIpc) is 3.04. The largest absolute Gasteiger partial charge is 0.490 e. The highest BCUT2D eigenvalue weighted by molar-refractivity contribution is 14.1. The van der Waals surface area contributed by atoms with Crippen molar-refractivity contribution in [3.8, 4) is 11.5 Å². The van der Waals surface area contributed by atoms with Crippen LogP contribution in [0.2, 0.25) is 0 Å². The summed E-state index contributed by atoms with van der Waals surface area (Å²) in [5.41, 5.74) is 3.71. The highest BCUT2D eigenvalue weighted by atomic mass is 127. The standard InChI is InChI=1S/C22H21IN2O6/c1-4-30-18-12-14(11-17(23)19(18)31-13(2)22(28)29-3)10-16-20(26)24-25(21(16)27)15-8-6-5-7-9-15/h5-13H,4H2,1-3H3,(H,24,26)/b16-10-/t13-/m1/s1. The number of carbonyl (C=O) groups excluding carboxylic acids is 3. The van der Waals surface area contributed by atoms with Crippen molar-refractivity contribution in [3.05, 3.63) is 57.2 Å². The Morgan fingerprint density at radius 1 is 1.23 bits per heavy atom. The minimum absolute atomic E-state index is 0.00120.